The molecule has 3 rings (SSSR count). The first-order valence-corrected chi connectivity index (χ1v) is 6.96. The van der Waals surface area contributed by atoms with E-state index in [0.717, 1.165) is 23.5 Å². The Bertz CT molecular complexity index is 570. The monoisotopic (exact) mass is 269 g/mol. The first-order valence-electron chi connectivity index (χ1n) is 6.96. The van der Waals surface area contributed by atoms with Gasteiger partial charge < -0.3 is 15.2 Å². The maximum absolute atomic E-state index is 5.96. The van der Waals surface area contributed by atoms with Gasteiger partial charge in [-0.1, -0.05) is 36.4 Å². The molecule has 0 spiro atoms. The fourth-order valence-corrected chi connectivity index (χ4v) is 2.52. The van der Waals surface area contributed by atoms with Crippen LogP contribution in [-0.4, -0.2) is 12.7 Å². The molecule has 0 saturated carbocycles. The molecule has 2 N–H and O–H groups in total. The first-order chi connectivity index (χ1) is 9.74. The van der Waals surface area contributed by atoms with Crippen molar-refractivity contribution in [2.75, 3.05) is 6.61 Å². The highest BCUT2D eigenvalue weighted by Crippen LogP contribution is 2.29. The van der Waals surface area contributed by atoms with Gasteiger partial charge in [0.2, 0.25) is 0 Å². The van der Waals surface area contributed by atoms with E-state index in [1.54, 1.807) is 0 Å². The molecule has 104 valence electrons. The lowest BCUT2D eigenvalue weighted by molar-refractivity contribution is 0.147. The summed E-state index contributed by atoms with van der Waals surface area (Å²) >= 11 is 0. The van der Waals surface area contributed by atoms with Crippen molar-refractivity contribution in [1.29, 1.82) is 0 Å². The van der Waals surface area contributed by atoms with Crippen molar-refractivity contribution in [1.82, 2.24) is 0 Å². The molecule has 3 heteroatoms. The highest BCUT2D eigenvalue weighted by Gasteiger charge is 2.23. The number of nitrogens with two attached hydrogens (primary N) is 1. The SMILES string of the molecule is C[C@@H](N)c1ccccc1OCC1Cc2ccccc2O1. The third-order valence-electron chi connectivity index (χ3n) is 3.55. The van der Waals surface area contributed by atoms with E-state index in [-0.39, 0.29) is 12.1 Å². The third-order valence-corrected chi connectivity index (χ3v) is 3.55. The Morgan fingerprint density at radius 2 is 1.95 bits per heavy atom. The van der Waals surface area contributed by atoms with Crippen molar-refractivity contribution >= 4 is 0 Å². The molecule has 0 fully saturated rings. The summed E-state index contributed by atoms with van der Waals surface area (Å²) in [6.45, 7) is 2.50. The van der Waals surface area contributed by atoms with Gasteiger partial charge in [-0.05, 0) is 24.6 Å². The highest BCUT2D eigenvalue weighted by molar-refractivity contribution is 5.38. The van der Waals surface area contributed by atoms with Crippen LogP contribution >= 0.6 is 0 Å². The van der Waals surface area contributed by atoms with Crippen LogP contribution in [-0.2, 0) is 6.42 Å². The summed E-state index contributed by atoms with van der Waals surface area (Å²) < 4.78 is 11.8. The van der Waals surface area contributed by atoms with E-state index >= 15 is 0 Å². The van der Waals surface area contributed by atoms with Crippen molar-refractivity contribution in [3.63, 3.8) is 0 Å². The van der Waals surface area contributed by atoms with Gasteiger partial charge in [-0.15, -0.1) is 0 Å². The zero-order valence-corrected chi connectivity index (χ0v) is 11.6. The molecule has 2 aromatic carbocycles. The zero-order valence-electron chi connectivity index (χ0n) is 11.6. The molecule has 0 aliphatic carbocycles. The topological polar surface area (TPSA) is 44.5 Å². The number of benzene rings is 2. The predicted molar refractivity (Wildman–Crippen MR) is 79.1 cm³/mol. The van der Waals surface area contributed by atoms with E-state index in [0.29, 0.717) is 6.61 Å². The van der Waals surface area contributed by atoms with Crippen LogP contribution in [0.25, 0.3) is 0 Å². The lowest BCUT2D eigenvalue weighted by Crippen LogP contribution is -2.23. The molecule has 0 bridgehead atoms. The number of rotatable bonds is 4. The Kier molecular flexibility index (Phi) is 3.61. The standard InChI is InChI=1S/C17H19NO2/c1-12(18)15-7-3-5-9-17(15)19-11-14-10-13-6-2-4-8-16(13)20-14/h2-9,12,14H,10-11,18H2,1H3/t12-,14?/m1/s1. The van der Waals surface area contributed by atoms with Gasteiger partial charge in [0, 0.05) is 18.0 Å². The molecule has 3 nitrogen and oxygen atoms in total. The number of para-hydroxylation sites is 2. The van der Waals surface area contributed by atoms with E-state index in [1.807, 2.05) is 49.4 Å². The maximum Gasteiger partial charge on any atom is 0.137 e. The van der Waals surface area contributed by atoms with Crippen LogP contribution in [0.4, 0.5) is 0 Å². The molecule has 1 aliphatic rings. The number of fused-ring (bicyclic) bond motifs is 1. The minimum absolute atomic E-state index is 0.0344. The van der Waals surface area contributed by atoms with Crippen LogP contribution in [0.2, 0.25) is 0 Å². The minimum atomic E-state index is -0.0344. The lowest BCUT2D eigenvalue weighted by atomic mass is 10.1. The van der Waals surface area contributed by atoms with Gasteiger partial charge in [0.05, 0.1) is 0 Å². The molecule has 0 saturated heterocycles. The summed E-state index contributed by atoms with van der Waals surface area (Å²) in [5, 5.41) is 0. The van der Waals surface area contributed by atoms with Gasteiger partial charge in [0.1, 0.15) is 24.2 Å². The quantitative estimate of drug-likeness (QED) is 0.927. The largest absolute Gasteiger partial charge is 0.489 e. The first kappa shape index (κ1) is 13.0. The molecule has 2 atom stereocenters. The summed E-state index contributed by atoms with van der Waals surface area (Å²) in [6, 6.07) is 16.0. The normalized spacial score (nSPS) is 18.2. The van der Waals surface area contributed by atoms with Crippen LogP contribution in [0.3, 0.4) is 0 Å². The van der Waals surface area contributed by atoms with Crippen LogP contribution in [0.1, 0.15) is 24.1 Å². The molecule has 1 heterocycles. The van der Waals surface area contributed by atoms with E-state index in [4.69, 9.17) is 15.2 Å². The van der Waals surface area contributed by atoms with E-state index in [9.17, 15) is 0 Å². The average molecular weight is 269 g/mol. The van der Waals surface area contributed by atoms with Gasteiger partial charge in [0.15, 0.2) is 0 Å². The van der Waals surface area contributed by atoms with Gasteiger partial charge in [0.25, 0.3) is 0 Å². The summed E-state index contributed by atoms with van der Waals surface area (Å²) in [5.41, 5.74) is 8.24. The molecule has 1 unspecified atom stereocenters. The number of ether oxygens (including phenoxy) is 2. The molecular formula is C17H19NO2. The van der Waals surface area contributed by atoms with Gasteiger partial charge in [-0.25, -0.2) is 0 Å². The van der Waals surface area contributed by atoms with Crippen molar-refractivity contribution in [2.24, 2.45) is 5.73 Å². The molecule has 20 heavy (non-hydrogen) atoms. The van der Waals surface area contributed by atoms with E-state index in [2.05, 4.69) is 6.07 Å². The molecular weight excluding hydrogens is 250 g/mol. The molecule has 0 aromatic heterocycles. The molecule has 0 radical (unpaired) electrons. The van der Waals surface area contributed by atoms with Crippen molar-refractivity contribution < 1.29 is 9.47 Å². The fraction of sp³-hybridized carbons (Fsp3) is 0.294. The Morgan fingerprint density at radius 3 is 2.75 bits per heavy atom. The lowest BCUT2D eigenvalue weighted by Gasteiger charge is -2.16. The van der Waals surface area contributed by atoms with E-state index in [1.165, 1.54) is 5.56 Å². The minimum Gasteiger partial charge on any atom is -0.489 e. The summed E-state index contributed by atoms with van der Waals surface area (Å²) in [7, 11) is 0. The summed E-state index contributed by atoms with van der Waals surface area (Å²) in [6.07, 6.45) is 0.977. The smallest absolute Gasteiger partial charge is 0.137 e. The average Bonchev–Trinajstić information content (AvgIpc) is 2.88. The summed E-state index contributed by atoms with van der Waals surface area (Å²) in [4.78, 5) is 0. The van der Waals surface area contributed by atoms with Gasteiger partial charge in [-0.3, -0.25) is 0 Å². The number of hydrogen-bond donors (Lipinski definition) is 1. The maximum atomic E-state index is 5.96. The highest BCUT2D eigenvalue weighted by atomic mass is 16.5. The second-order valence-electron chi connectivity index (χ2n) is 5.19. The van der Waals surface area contributed by atoms with Crippen molar-refractivity contribution in [2.45, 2.75) is 25.5 Å². The number of hydrogen-bond acceptors (Lipinski definition) is 3. The van der Waals surface area contributed by atoms with Crippen molar-refractivity contribution in [3.05, 3.63) is 59.7 Å². The predicted octanol–water partition coefficient (Wildman–Crippen LogP) is 3.09. The van der Waals surface area contributed by atoms with Crippen molar-refractivity contribution in [3.8, 4) is 11.5 Å². The Balaban J connectivity index is 1.65. The Hall–Kier alpha value is -2.00. The van der Waals surface area contributed by atoms with Crippen LogP contribution in [0.5, 0.6) is 11.5 Å². The molecule has 0 amide bonds. The Labute approximate surface area is 119 Å². The van der Waals surface area contributed by atoms with Gasteiger partial charge >= 0.3 is 0 Å². The van der Waals surface area contributed by atoms with E-state index < -0.39 is 0 Å². The summed E-state index contributed by atoms with van der Waals surface area (Å²) in [5.74, 6) is 1.82. The second kappa shape index (κ2) is 5.55. The van der Waals surface area contributed by atoms with Crippen LogP contribution in [0, 0.1) is 0 Å². The molecule has 1 aliphatic heterocycles. The van der Waals surface area contributed by atoms with Crippen LogP contribution < -0.4 is 15.2 Å². The van der Waals surface area contributed by atoms with Gasteiger partial charge in [-0.2, -0.15) is 0 Å². The zero-order chi connectivity index (χ0) is 13.9. The second-order valence-corrected chi connectivity index (χ2v) is 5.19. The van der Waals surface area contributed by atoms with Crippen LogP contribution in [0.15, 0.2) is 48.5 Å². The fourth-order valence-electron chi connectivity index (χ4n) is 2.52. The third kappa shape index (κ3) is 2.63. The molecule has 2 aromatic rings. The Morgan fingerprint density at radius 1 is 1.20 bits per heavy atom.